The number of alkyl halides is 3. The fraction of sp³-hybridized carbons (Fsp3) is 0.333. The van der Waals surface area contributed by atoms with Crippen LogP contribution in [0.5, 0.6) is 0 Å². The van der Waals surface area contributed by atoms with Gasteiger partial charge in [0.15, 0.2) is 0 Å². The number of nitrogens with zero attached hydrogens (tertiary/aromatic N) is 1. The first kappa shape index (κ1) is 13.2. The van der Waals surface area contributed by atoms with Crippen LogP contribution in [0.25, 0.3) is 0 Å². The fourth-order valence-electron chi connectivity index (χ4n) is 2.45. The van der Waals surface area contributed by atoms with Crippen molar-refractivity contribution >= 4 is 0 Å². The van der Waals surface area contributed by atoms with E-state index < -0.39 is 17.6 Å². The minimum atomic E-state index is -4.50. The Morgan fingerprint density at radius 2 is 1.75 bits per heavy atom. The van der Waals surface area contributed by atoms with E-state index in [9.17, 15) is 17.6 Å². The van der Waals surface area contributed by atoms with Crippen LogP contribution in [0.3, 0.4) is 0 Å². The third-order valence-corrected chi connectivity index (χ3v) is 3.57. The van der Waals surface area contributed by atoms with Crippen molar-refractivity contribution in [3.63, 3.8) is 0 Å². The molecule has 0 radical (unpaired) electrons. The molecule has 0 spiro atoms. The molecule has 1 fully saturated rings. The third kappa shape index (κ3) is 2.44. The molecule has 2 aromatic rings. The normalized spacial score (nSPS) is 15.6. The van der Waals surface area contributed by atoms with E-state index in [1.54, 1.807) is 29.1 Å². The SMILES string of the molecule is Fc1c(Cn2cccc2)ccc(C(F)(F)F)c1C1CC1. The Morgan fingerprint density at radius 3 is 2.30 bits per heavy atom. The first-order valence-electron chi connectivity index (χ1n) is 6.46. The summed E-state index contributed by atoms with van der Waals surface area (Å²) in [6.07, 6.45) is 0.284. The molecule has 1 aliphatic rings. The van der Waals surface area contributed by atoms with E-state index in [2.05, 4.69) is 0 Å². The molecule has 0 unspecified atom stereocenters. The van der Waals surface area contributed by atoms with Crippen molar-refractivity contribution in [2.75, 3.05) is 0 Å². The van der Waals surface area contributed by atoms with Gasteiger partial charge in [0.2, 0.25) is 0 Å². The van der Waals surface area contributed by atoms with Crippen LogP contribution in [-0.4, -0.2) is 4.57 Å². The van der Waals surface area contributed by atoms with E-state index >= 15 is 0 Å². The van der Waals surface area contributed by atoms with Crippen molar-refractivity contribution < 1.29 is 17.6 Å². The molecule has 0 bridgehead atoms. The van der Waals surface area contributed by atoms with Crippen molar-refractivity contribution in [2.24, 2.45) is 0 Å². The predicted molar refractivity (Wildman–Crippen MR) is 66.9 cm³/mol. The lowest BCUT2D eigenvalue weighted by atomic mass is 9.98. The molecule has 1 aliphatic carbocycles. The molecule has 106 valence electrons. The molecule has 3 rings (SSSR count). The lowest BCUT2D eigenvalue weighted by Crippen LogP contribution is -2.12. The average Bonchev–Trinajstić information content (AvgIpc) is 3.08. The molecular weight excluding hydrogens is 270 g/mol. The van der Waals surface area contributed by atoms with Gasteiger partial charge in [-0.2, -0.15) is 13.2 Å². The molecule has 1 nitrogen and oxygen atoms in total. The number of hydrogen-bond donors (Lipinski definition) is 0. The van der Waals surface area contributed by atoms with Gasteiger partial charge in [0.1, 0.15) is 5.82 Å². The van der Waals surface area contributed by atoms with Crippen molar-refractivity contribution in [3.8, 4) is 0 Å². The van der Waals surface area contributed by atoms with Gasteiger partial charge in [-0.1, -0.05) is 6.07 Å². The molecule has 0 saturated heterocycles. The molecule has 1 aromatic heterocycles. The predicted octanol–water partition coefficient (Wildman–Crippen LogP) is 4.57. The van der Waals surface area contributed by atoms with Gasteiger partial charge >= 0.3 is 6.18 Å². The third-order valence-electron chi connectivity index (χ3n) is 3.57. The number of aromatic nitrogens is 1. The van der Waals surface area contributed by atoms with Gasteiger partial charge in [-0.15, -0.1) is 0 Å². The first-order valence-corrected chi connectivity index (χ1v) is 6.46. The Morgan fingerprint density at radius 1 is 1.10 bits per heavy atom. The zero-order chi connectivity index (χ0) is 14.3. The molecule has 1 heterocycles. The largest absolute Gasteiger partial charge is 0.416 e. The second-order valence-electron chi connectivity index (χ2n) is 5.13. The zero-order valence-electron chi connectivity index (χ0n) is 10.6. The van der Waals surface area contributed by atoms with E-state index in [1.165, 1.54) is 6.07 Å². The maximum absolute atomic E-state index is 14.4. The molecule has 0 N–H and O–H groups in total. The zero-order valence-corrected chi connectivity index (χ0v) is 10.6. The van der Waals surface area contributed by atoms with Crippen LogP contribution in [0.1, 0.15) is 35.4 Å². The highest BCUT2D eigenvalue weighted by Crippen LogP contribution is 2.47. The van der Waals surface area contributed by atoms with E-state index in [1.807, 2.05) is 0 Å². The lowest BCUT2D eigenvalue weighted by Gasteiger charge is -2.16. The molecule has 0 aliphatic heterocycles. The molecule has 5 heteroatoms. The highest BCUT2D eigenvalue weighted by atomic mass is 19.4. The maximum atomic E-state index is 14.4. The first-order chi connectivity index (χ1) is 9.47. The highest BCUT2D eigenvalue weighted by molar-refractivity contribution is 5.40. The van der Waals surface area contributed by atoms with E-state index in [0.29, 0.717) is 18.4 Å². The van der Waals surface area contributed by atoms with Crippen molar-refractivity contribution in [1.82, 2.24) is 4.57 Å². The Hall–Kier alpha value is -1.78. The second-order valence-corrected chi connectivity index (χ2v) is 5.13. The molecule has 0 atom stereocenters. The van der Waals surface area contributed by atoms with Crippen LogP contribution in [0.4, 0.5) is 17.6 Å². The molecule has 0 amide bonds. The van der Waals surface area contributed by atoms with E-state index in [-0.39, 0.29) is 18.0 Å². The summed E-state index contributed by atoms with van der Waals surface area (Å²) in [6.45, 7) is 0.247. The highest BCUT2D eigenvalue weighted by Gasteiger charge is 2.40. The summed E-state index contributed by atoms with van der Waals surface area (Å²) in [5, 5.41) is 0. The topological polar surface area (TPSA) is 4.93 Å². The van der Waals surface area contributed by atoms with Crippen LogP contribution >= 0.6 is 0 Å². The summed E-state index contributed by atoms with van der Waals surface area (Å²) in [5.74, 6) is -0.979. The van der Waals surface area contributed by atoms with Gasteiger partial charge in [0, 0.05) is 30.1 Å². The Kier molecular flexibility index (Phi) is 3.07. The van der Waals surface area contributed by atoms with Crippen LogP contribution in [0.2, 0.25) is 0 Å². The van der Waals surface area contributed by atoms with Crippen LogP contribution in [-0.2, 0) is 12.7 Å². The summed E-state index contributed by atoms with van der Waals surface area (Å²) in [4.78, 5) is 0. The number of halogens is 4. The Balaban J connectivity index is 2.03. The standard InChI is InChI=1S/C15H13F4N/c16-14-11(9-20-7-1-2-8-20)5-6-12(15(17,18)19)13(14)10-3-4-10/h1-2,5-8,10H,3-4,9H2. The van der Waals surface area contributed by atoms with Crippen molar-refractivity contribution in [3.05, 3.63) is 59.2 Å². The fourth-order valence-corrected chi connectivity index (χ4v) is 2.45. The van der Waals surface area contributed by atoms with Crippen molar-refractivity contribution in [1.29, 1.82) is 0 Å². The Labute approximate surface area is 113 Å². The smallest absolute Gasteiger partial charge is 0.350 e. The van der Waals surface area contributed by atoms with Gasteiger partial charge in [-0.25, -0.2) is 4.39 Å². The van der Waals surface area contributed by atoms with Gasteiger partial charge in [0.25, 0.3) is 0 Å². The van der Waals surface area contributed by atoms with Crippen LogP contribution < -0.4 is 0 Å². The summed E-state index contributed by atoms with van der Waals surface area (Å²) in [5.41, 5.74) is -0.674. The van der Waals surface area contributed by atoms with E-state index in [4.69, 9.17) is 0 Å². The maximum Gasteiger partial charge on any atom is 0.416 e. The molecular formula is C15H13F4N. The monoisotopic (exact) mass is 283 g/mol. The van der Waals surface area contributed by atoms with Gasteiger partial charge in [0.05, 0.1) is 5.56 Å². The summed E-state index contributed by atoms with van der Waals surface area (Å²) in [7, 11) is 0. The molecule has 1 aromatic carbocycles. The van der Waals surface area contributed by atoms with Crippen LogP contribution in [0, 0.1) is 5.82 Å². The average molecular weight is 283 g/mol. The quantitative estimate of drug-likeness (QED) is 0.727. The van der Waals surface area contributed by atoms with Gasteiger partial charge < -0.3 is 4.57 Å². The number of benzene rings is 1. The minimum Gasteiger partial charge on any atom is -0.350 e. The second kappa shape index (κ2) is 4.65. The Bertz CT molecular complexity index is 610. The van der Waals surface area contributed by atoms with Gasteiger partial charge in [-0.05, 0) is 37.0 Å². The number of hydrogen-bond acceptors (Lipinski definition) is 0. The molecule has 20 heavy (non-hydrogen) atoms. The minimum absolute atomic E-state index is 0.151. The summed E-state index contributed by atoms with van der Waals surface area (Å²) < 4.78 is 55.0. The number of rotatable bonds is 3. The summed E-state index contributed by atoms with van der Waals surface area (Å²) in [6, 6.07) is 5.84. The van der Waals surface area contributed by atoms with E-state index in [0.717, 1.165) is 6.07 Å². The lowest BCUT2D eigenvalue weighted by molar-refractivity contribution is -0.138. The summed E-state index contributed by atoms with van der Waals surface area (Å²) >= 11 is 0. The van der Waals surface area contributed by atoms with Gasteiger partial charge in [-0.3, -0.25) is 0 Å². The molecule has 1 saturated carbocycles. The van der Waals surface area contributed by atoms with Crippen molar-refractivity contribution in [2.45, 2.75) is 31.5 Å². The van der Waals surface area contributed by atoms with Crippen LogP contribution in [0.15, 0.2) is 36.7 Å².